The van der Waals surface area contributed by atoms with E-state index in [1.807, 2.05) is 54.4 Å². The van der Waals surface area contributed by atoms with Gasteiger partial charge in [0.05, 0.1) is 4.34 Å². The summed E-state index contributed by atoms with van der Waals surface area (Å²) in [4.78, 5) is 26.2. The van der Waals surface area contributed by atoms with Crippen molar-refractivity contribution in [2.45, 2.75) is 12.6 Å². The first-order chi connectivity index (χ1) is 10.5. The number of hydrogen-bond acceptors (Lipinski definition) is 4. The standard InChI is InChI=1S/C15H16ClN3O2S/c1-19(9-11-7-8-12(16)22-11)13(14(20)18-15(17)21)10-5-3-2-4-6-10/h2-8,13H,9H2,1H3,(H3,17,18,20,21)/t13-/m1/s1. The Balaban J connectivity index is 2.23. The maximum absolute atomic E-state index is 12.3. The molecule has 1 heterocycles. The smallest absolute Gasteiger partial charge is 0.318 e. The highest BCUT2D eigenvalue weighted by Crippen LogP contribution is 2.26. The van der Waals surface area contributed by atoms with Gasteiger partial charge in [-0.05, 0) is 24.7 Å². The number of hydrogen-bond donors (Lipinski definition) is 2. The van der Waals surface area contributed by atoms with Gasteiger partial charge < -0.3 is 5.73 Å². The summed E-state index contributed by atoms with van der Waals surface area (Å²) in [6, 6.07) is 11.5. The number of urea groups is 1. The summed E-state index contributed by atoms with van der Waals surface area (Å²) in [7, 11) is 1.81. The fraction of sp³-hybridized carbons (Fsp3) is 0.200. The summed E-state index contributed by atoms with van der Waals surface area (Å²) >= 11 is 7.39. The van der Waals surface area contributed by atoms with Crippen molar-refractivity contribution in [2.24, 2.45) is 5.73 Å². The van der Waals surface area contributed by atoms with Gasteiger partial charge in [0, 0.05) is 11.4 Å². The first-order valence-corrected chi connectivity index (χ1v) is 7.76. The van der Waals surface area contributed by atoms with E-state index in [-0.39, 0.29) is 0 Å². The number of nitrogens with two attached hydrogens (primary N) is 1. The molecule has 0 aliphatic carbocycles. The monoisotopic (exact) mass is 337 g/mol. The van der Waals surface area contributed by atoms with Crippen LogP contribution in [0.15, 0.2) is 42.5 Å². The Labute approximate surface area is 137 Å². The van der Waals surface area contributed by atoms with Crippen LogP contribution in [0.2, 0.25) is 4.34 Å². The molecule has 22 heavy (non-hydrogen) atoms. The van der Waals surface area contributed by atoms with E-state index >= 15 is 0 Å². The summed E-state index contributed by atoms with van der Waals surface area (Å²) in [5.74, 6) is -0.455. The van der Waals surface area contributed by atoms with Crippen molar-refractivity contribution in [1.29, 1.82) is 0 Å². The molecule has 3 amide bonds. The average Bonchev–Trinajstić information content (AvgIpc) is 2.84. The molecule has 0 fully saturated rings. The topological polar surface area (TPSA) is 75.4 Å². The molecule has 2 rings (SSSR count). The molecule has 0 spiro atoms. The molecule has 0 saturated heterocycles. The van der Waals surface area contributed by atoms with Gasteiger partial charge in [0.2, 0.25) is 5.91 Å². The molecule has 0 unspecified atom stereocenters. The van der Waals surface area contributed by atoms with Crippen molar-refractivity contribution in [2.75, 3.05) is 7.05 Å². The molecule has 1 atom stereocenters. The van der Waals surface area contributed by atoms with Crippen molar-refractivity contribution < 1.29 is 9.59 Å². The van der Waals surface area contributed by atoms with E-state index in [1.165, 1.54) is 11.3 Å². The van der Waals surface area contributed by atoms with Crippen LogP contribution in [0, 0.1) is 0 Å². The number of likely N-dealkylation sites (N-methyl/N-ethyl adjacent to an activating group) is 1. The van der Waals surface area contributed by atoms with Gasteiger partial charge in [-0.25, -0.2) is 4.79 Å². The Morgan fingerprint density at radius 2 is 1.95 bits per heavy atom. The lowest BCUT2D eigenvalue weighted by Crippen LogP contribution is -2.43. The van der Waals surface area contributed by atoms with E-state index in [9.17, 15) is 9.59 Å². The molecule has 3 N–H and O–H groups in total. The molecule has 0 radical (unpaired) electrons. The van der Waals surface area contributed by atoms with Crippen molar-refractivity contribution in [3.63, 3.8) is 0 Å². The van der Waals surface area contributed by atoms with Crippen LogP contribution in [0.25, 0.3) is 0 Å². The van der Waals surface area contributed by atoms with Gasteiger partial charge in [0.15, 0.2) is 0 Å². The highest BCUT2D eigenvalue weighted by Gasteiger charge is 2.26. The summed E-state index contributed by atoms with van der Waals surface area (Å²) in [5, 5.41) is 2.15. The summed E-state index contributed by atoms with van der Waals surface area (Å²) in [6.07, 6.45) is 0. The van der Waals surface area contributed by atoms with Gasteiger partial charge in [0.25, 0.3) is 0 Å². The molecule has 0 aliphatic rings. The van der Waals surface area contributed by atoms with Gasteiger partial charge in [0.1, 0.15) is 6.04 Å². The number of rotatable bonds is 5. The number of carbonyl (C=O) groups excluding carboxylic acids is 2. The molecule has 0 bridgehead atoms. The number of imide groups is 1. The molecule has 5 nitrogen and oxygen atoms in total. The van der Waals surface area contributed by atoms with E-state index in [1.54, 1.807) is 0 Å². The first-order valence-electron chi connectivity index (χ1n) is 6.57. The zero-order valence-electron chi connectivity index (χ0n) is 12.0. The minimum atomic E-state index is -0.863. The number of nitrogens with one attached hydrogen (secondary N) is 1. The molecular weight excluding hydrogens is 322 g/mol. The number of halogens is 1. The minimum absolute atomic E-state index is 0.455. The number of primary amides is 1. The van der Waals surface area contributed by atoms with Gasteiger partial charge in [-0.3, -0.25) is 15.0 Å². The van der Waals surface area contributed by atoms with Crippen molar-refractivity contribution in [3.05, 3.63) is 57.2 Å². The third-order valence-corrected chi connectivity index (χ3v) is 4.30. The number of carbonyl (C=O) groups is 2. The molecule has 1 aromatic heterocycles. The second kappa shape index (κ2) is 7.40. The van der Waals surface area contributed by atoms with Crippen LogP contribution < -0.4 is 11.1 Å². The quantitative estimate of drug-likeness (QED) is 0.880. The fourth-order valence-electron chi connectivity index (χ4n) is 2.20. The number of nitrogens with zero attached hydrogens (tertiary/aromatic N) is 1. The number of benzene rings is 1. The van der Waals surface area contributed by atoms with E-state index in [0.717, 1.165) is 10.4 Å². The van der Waals surface area contributed by atoms with Gasteiger partial charge in [-0.2, -0.15) is 0 Å². The lowest BCUT2D eigenvalue weighted by Gasteiger charge is -2.26. The Bertz CT molecular complexity index is 660. The summed E-state index contributed by atoms with van der Waals surface area (Å²) in [5.41, 5.74) is 5.84. The van der Waals surface area contributed by atoms with Crippen LogP contribution in [-0.2, 0) is 11.3 Å². The van der Waals surface area contributed by atoms with Crippen molar-refractivity contribution in [3.8, 4) is 0 Å². The minimum Gasteiger partial charge on any atom is -0.351 e. The SMILES string of the molecule is CN(Cc1ccc(Cl)s1)[C@@H](C(=O)NC(N)=O)c1ccccc1. The van der Waals surface area contributed by atoms with E-state index in [2.05, 4.69) is 5.32 Å². The summed E-state index contributed by atoms with van der Waals surface area (Å²) in [6.45, 7) is 0.531. The highest BCUT2D eigenvalue weighted by atomic mass is 35.5. The maximum atomic E-state index is 12.3. The van der Waals surface area contributed by atoms with Crippen LogP contribution in [0.4, 0.5) is 4.79 Å². The Kier molecular flexibility index (Phi) is 5.54. The zero-order valence-corrected chi connectivity index (χ0v) is 13.5. The molecule has 0 aliphatic heterocycles. The Hall–Kier alpha value is -1.89. The van der Waals surface area contributed by atoms with Gasteiger partial charge >= 0.3 is 6.03 Å². The average molecular weight is 338 g/mol. The molecule has 7 heteroatoms. The molecule has 2 aromatic rings. The van der Waals surface area contributed by atoms with Crippen molar-refractivity contribution in [1.82, 2.24) is 10.2 Å². The van der Waals surface area contributed by atoms with Crippen LogP contribution in [0.1, 0.15) is 16.5 Å². The van der Waals surface area contributed by atoms with Gasteiger partial charge in [-0.15, -0.1) is 11.3 Å². The molecule has 1 aromatic carbocycles. The second-order valence-electron chi connectivity index (χ2n) is 4.79. The number of amides is 3. The Morgan fingerprint density at radius 3 is 2.50 bits per heavy atom. The van der Waals surface area contributed by atoms with Crippen molar-refractivity contribution >= 4 is 34.9 Å². The first kappa shape index (κ1) is 16.5. The van der Waals surface area contributed by atoms with Crippen LogP contribution in [-0.4, -0.2) is 23.9 Å². The fourth-order valence-corrected chi connectivity index (χ4v) is 3.36. The van der Waals surface area contributed by atoms with Crippen LogP contribution >= 0.6 is 22.9 Å². The molecular formula is C15H16ClN3O2S. The third kappa shape index (κ3) is 4.30. The lowest BCUT2D eigenvalue weighted by atomic mass is 10.0. The second-order valence-corrected chi connectivity index (χ2v) is 6.59. The summed E-state index contributed by atoms with van der Waals surface area (Å²) < 4.78 is 0.696. The maximum Gasteiger partial charge on any atom is 0.318 e. The van der Waals surface area contributed by atoms with Crippen LogP contribution in [0.3, 0.4) is 0 Å². The van der Waals surface area contributed by atoms with Gasteiger partial charge in [-0.1, -0.05) is 41.9 Å². The lowest BCUT2D eigenvalue weighted by molar-refractivity contribution is -0.125. The Morgan fingerprint density at radius 1 is 1.27 bits per heavy atom. The highest BCUT2D eigenvalue weighted by molar-refractivity contribution is 7.16. The predicted molar refractivity (Wildman–Crippen MR) is 87.7 cm³/mol. The normalized spacial score (nSPS) is 12.1. The van der Waals surface area contributed by atoms with E-state index in [4.69, 9.17) is 17.3 Å². The number of thiophene rings is 1. The van der Waals surface area contributed by atoms with E-state index in [0.29, 0.717) is 10.9 Å². The van der Waals surface area contributed by atoms with Crippen LogP contribution in [0.5, 0.6) is 0 Å². The predicted octanol–water partition coefficient (Wildman–Crippen LogP) is 2.77. The zero-order chi connectivity index (χ0) is 16.1. The molecule has 0 saturated carbocycles. The third-order valence-electron chi connectivity index (χ3n) is 3.08. The molecule has 116 valence electrons. The van der Waals surface area contributed by atoms with E-state index < -0.39 is 18.0 Å². The largest absolute Gasteiger partial charge is 0.351 e.